The summed E-state index contributed by atoms with van der Waals surface area (Å²) in [4.78, 5) is 15.9. The summed E-state index contributed by atoms with van der Waals surface area (Å²) in [6.07, 6.45) is -6.38. The molecule has 0 atom stereocenters. The van der Waals surface area contributed by atoms with E-state index in [1.165, 1.54) is 42.7 Å². The molecule has 0 aliphatic heterocycles. The Morgan fingerprint density at radius 1 is 0.971 bits per heavy atom. The Bertz CT molecular complexity index is 1420. The summed E-state index contributed by atoms with van der Waals surface area (Å²) in [5.74, 6) is -0.257. The Labute approximate surface area is 211 Å². The summed E-state index contributed by atoms with van der Waals surface area (Å²) in [7, 11) is 1.25. The molecule has 180 valence electrons. The average molecular weight is 540 g/mol. The monoisotopic (exact) mass is 539 g/mol. The van der Waals surface area contributed by atoms with E-state index < -0.39 is 17.9 Å². The van der Waals surface area contributed by atoms with Crippen molar-refractivity contribution in [3.05, 3.63) is 75.6 Å². The summed E-state index contributed by atoms with van der Waals surface area (Å²) in [5.41, 5.74) is 0.486. The van der Waals surface area contributed by atoms with Gasteiger partial charge in [-0.25, -0.2) is 9.78 Å². The van der Waals surface area contributed by atoms with Crippen molar-refractivity contribution in [2.45, 2.75) is 6.18 Å². The van der Waals surface area contributed by atoms with Gasteiger partial charge in [0.2, 0.25) is 0 Å². The number of carbonyl (C=O) groups is 1. The highest BCUT2D eigenvalue weighted by Gasteiger charge is 2.35. The topological polar surface area (TPSA) is 68.7 Å². The van der Waals surface area contributed by atoms with E-state index >= 15 is 0 Å². The molecular weight excluding hydrogens is 526 g/mol. The minimum Gasteiger partial charge on any atom is -0.497 e. The second-order valence-electron chi connectivity index (χ2n) is 7.15. The van der Waals surface area contributed by atoms with Crippen molar-refractivity contribution >= 4 is 40.7 Å². The van der Waals surface area contributed by atoms with Crippen molar-refractivity contribution < 1.29 is 32.5 Å². The molecule has 1 N–H and O–H groups in total. The number of thiazole rings is 1. The van der Waals surface area contributed by atoms with E-state index in [4.69, 9.17) is 32.7 Å². The van der Waals surface area contributed by atoms with Crippen molar-refractivity contribution in [1.82, 2.24) is 4.98 Å². The number of methoxy groups -OCH3 is 1. The first kappa shape index (κ1) is 24.8. The van der Waals surface area contributed by atoms with Gasteiger partial charge in [-0.1, -0.05) is 35.3 Å². The van der Waals surface area contributed by atoms with Crippen molar-refractivity contribution in [2.75, 3.05) is 7.11 Å². The number of aromatic nitrogens is 1. The van der Waals surface area contributed by atoms with E-state index in [1.54, 1.807) is 29.6 Å². The predicted octanol–water partition coefficient (Wildman–Crippen LogP) is 8.54. The maximum atomic E-state index is 13.8. The molecule has 4 aromatic rings. The lowest BCUT2D eigenvalue weighted by Crippen LogP contribution is -2.09. The third-order valence-electron chi connectivity index (χ3n) is 4.97. The van der Waals surface area contributed by atoms with Crippen molar-refractivity contribution in [1.29, 1.82) is 0 Å². The van der Waals surface area contributed by atoms with Crippen LogP contribution in [0, 0.1) is 0 Å². The standard InChI is InChI=1S/C24H14Cl2F3NO4S/c1-33-14-4-6-15(17(10-14)24(27,28)29)16-5-2-13(9-21(16)34-23(31)32)22-30-20(11-35-22)12-3-7-18(25)19(26)8-12/h2-11H,1H3,(H,31,32). The molecule has 0 spiro atoms. The largest absolute Gasteiger partial charge is 0.511 e. The first-order chi connectivity index (χ1) is 16.6. The quantitative estimate of drug-likeness (QED) is 0.203. The van der Waals surface area contributed by atoms with E-state index in [0.29, 0.717) is 31.9 Å². The van der Waals surface area contributed by atoms with Crippen LogP contribution in [0.15, 0.2) is 60.0 Å². The van der Waals surface area contributed by atoms with Gasteiger partial charge >= 0.3 is 12.3 Å². The number of ether oxygens (including phenoxy) is 2. The molecule has 0 radical (unpaired) electrons. The van der Waals surface area contributed by atoms with Gasteiger partial charge in [0, 0.05) is 22.1 Å². The molecule has 1 aromatic heterocycles. The number of rotatable bonds is 5. The van der Waals surface area contributed by atoms with Crippen LogP contribution in [0.25, 0.3) is 33.0 Å². The second kappa shape index (κ2) is 9.77. The number of alkyl halides is 3. The minimum atomic E-state index is -4.72. The third-order valence-corrected chi connectivity index (χ3v) is 6.60. The predicted molar refractivity (Wildman–Crippen MR) is 129 cm³/mol. The molecule has 5 nitrogen and oxygen atoms in total. The van der Waals surface area contributed by atoms with Crippen LogP contribution in [0.5, 0.6) is 11.5 Å². The van der Waals surface area contributed by atoms with Crippen molar-refractivity contribution in [3.63, 3.8) is 0 Å². The first-order valence-electron chi connectivity index (χ1n) is 9.78. The molecule has 0 unspecified atom stereocenters. The molecule has 0 amide bonds. The van der Waals surface area contributed by atoms with Crippen LogP contribution >= 0.6 is 34.5 Å². The van der Waals surface area contributed by atoms with Gasteiger partial charge in [-0.3, -0.25) is 0 Å². The maximum absolute atomic E-state index is 13.8. The molecule has 4 rings (SSSR count). The maximum Gasteiger partial charge on any atom is 0.511 e. The van der Waals surface area contributed by atoms with Crippen LogP contribution in [-0.4, -0.2) is 23.4 Å². The minimum absolute atomic E-state index is 0.0102. The number of nitrogens with zero attached hydrogens (tertiary/aromatic N) is 1. The van der Waals surface area contributed by atoms with Crippen LogP contribution in [0.3, 0.4) is 0 Å². The van der Waals surface area contributed by atoms with E-state index in [9.17, 15) is 23.1 Å². The fourth-order valence-electron chi connectivity index (χ4n) is 3.37. The van der Waals surface area contributed by atoms with Crippen LogP contribution in [0.4, 0.5) is 18.0 Å². The Morgan fingerprint density at radius 2 is 1.69 bits per heavy atom. The molecule has 0 aliphatic carbocycles. The lowest BCUT2D eigenvalue weighted by atomic mass is 9.97. The van der Waals surface area contributed by atoms with Gasteiger partial charge in [-0.2, -0.15) is 13.2 Å². The van der Waals surface area contributed by atoms with Crippen LogP contribution in [0.1, 0.15) is 5.56 Å². The Kier molecular flexibility index (Phi) is 6.93. The highest BCUT2D eigenvalue weighted by molar-refractivity contribution is 7.13. The smallest absolute Gasteiger partial charge is 0.497 e. The van der Waals surface area contributed by atoms with E-state index in [-0.39, 0.29) is 22.6 Å². The Hall–Kier alpha value is -3.27. The summed E-state index contributed by atoms with van der Waals surface area (Å²) in [6.45, 7) is 0. The zero-order valence-corrected chi connectivity index (χ0v) is 20.0. The highest BCUT2D eigenvalue weighted by atomic mass is 35.5. The lowest BCUT2D eigenvalue weighted by molar-refractivity contribution is -0.137. The van der Waals surface area contributed by atoms with Gasteiger partial charge in [0.05, 0.1) is 28.4 Å². The third kappa shape index (κ3) is 5.37. The molecule has 0 aliphatic rings. The number of benzene rings is 3. The molecule has 1 heterocycles. The van der Waals surface area contributed by atoms with E-state index in [1.807, 2.05) is 0 Å². The van der Waals surface area contributed by atoms with Crippen molar-refractivity contribution in [2.24, 2.45) is 0 Å². The second-order valence-corrected chi connectivity index (χ2v) is 8.83. The number of carboxylic acid groups (broad SMARTS) is 1. The highest BCUT2D eigenvalue weighted by Crippen LogP contribution is 2.43. The Balaban J connectivity index is 1.80. The fourth-order valence-corrected chi connectivity index (χ4v) is 4.49. The molecule has 0 saturated carbocycles. The number of halogens is 5. The van der Waals surface area contributed by atoms with Crippen LogP contribution in [0.2, 0.25) is 10.0 Å². The summed E-state index contributed by atoms with van der Waals surface area (Å²) in [5, 5.41) is 12.2. The SMILES string of the molecule is COc1ccc(-c2ccc(-c3nc(-c4ccc(Cl)c(Cl)c4)cs3)cc2OC(=O)O)c(C(F)(F)F)c1. The van der Waals surface area contributed by atoms with E-state index in [0.717, 1.165) is 6.07 Å². The number of hydrogen-bond acceptors (Lipinski definition) is 5. The van der Waals surface area contributed by atoms with Gasteiger partial charge in [-0.05, 0) is 48.0 Å². The molecule has 11 heteroatoms. The van der Waals surface area contributed by atoms with E-state index in [2.05, 4.69) is 4.98 Å². The van der Waals surface area contributed by atoms with Crippen LogP contribution in [-0.2, 0) is 6.18 Å². The van der Waals surface area contributed by atoms with Gasteiger partial charge < -0.3 is 14.6 Å². The average Bonchev–Trinajstić information content (AvgIpc) is 3.30. The molecule has 3 aromatic carbocycles. The fraction of sp³-hybridized carbons (Fsp3) is 0.0833. The zero-order chi connectivity index (χ0) is 25.3. The van der Waals surface area contributed by atoms with Gasteiger partial charge in [0.15, 0.2) is 0 Å². The van der Waals surface area contributed by atoms with Gasteiger partial charge in [-0.15, -0.1) is 11.3 Å². The van der Waals surface area contributed by atoms with Gasteiger partial charge in [0.25, 0.3) is 0 Å². The molecule has 35 heavy (non-hydrogen) atoms. The summed E-state index contributed by atoms with van der Waals surface area (Å²) in [6, 6.07) is 12.7. The zero-order valence-electron chi connectivity index (χ0n) is 17.7. The van der Waals surface area contributed by atoms with Crippen molar-refractivity contribution in [3.8, 4) is 44.5 Å². The summed E-state index contributed by atoms with van der Waals surface area (Å²) < 4.78 is 51.1. The Morgan fingerprint density at radius 3 is 2.34 bits per heavy atom. The first-order valence-corrected chi connectivity index (χ1v) is 11.4. The molecule has 0 saturated heterocycles. The van der Waals surface area contributed by atoms with Crippen LogP contribution < -0.4 is 9.47 Å². The van der Waals surface area contributed by atoms with Gasteiger partial charge in [0.1, 0.15) is 16.5 Å². The summed E-state index contributed by atoms with van der Waals surface area (Å²) >= 11 is 13.3. The molecule has 0 bridgehead atoms. The number of hydrogen-bond donors (Lipinski definition) is 1. The lowest BCUT2D eigenvalue weighted by Gasteiger charge is -2.17. The molecular formula is C24H14Cl2F3NO4S. The normalized spacial score (nSPS) is 11.4. The molecule has 0 fully saturated rings.